The van der Waals surface area contributed by atoms with E-state index in [9.17, 15) is 9.50 Å². The molecule has 1 saturated carbocycles. The minimum atomic E-state index is -0.466. The Kier molecular flexibility index (Phi) is 4.25. The van der Waals surface area contributed by atoms with Crippen LogP contribution >= 0.6 is 11.6 Å². The fraction of sp³-hybridized carbons (Fsp3) is 0.571. The normalized spacial score (nSPS) is 28.3. The Bertz CT molecular complexity index is 406. The number of hydrogen-bond acceptors (Lipinski definition) is 2. The largest absolute Gasteiger partial charge is 0.392 e. The Morgan fingerprint density at radius 1 is 1.44 bits per heavy atom. The maximum atomic E-state index is 13.8. The van der Waals surface area contributed by atoms with Gasteiger partial charge in [-0.1, -0.05) is 30.5 Å². The lowest BCUT2D eigenvalue weighted by Gasteiger charge is -2.41. The summed E-state index contributed by atoms with van der Waals surface area (Å²) in [6.45, 7) is 0.360. The standard InChI is InChI=1S/C14H19ClFNO/c15-11-4-3-5-12(16)10(11)8-14(9-17)7-2-1-6-13(14)18/h3-5,13,18H,1-2,6-9,17H2. The highest BCUT2D eigenvalue weighted by atomic mass is 35.5. The van der Waals surface area contributed by atoms with Crippen LogP contribution in [0.25, 0.3) is 0 Å². The van der Waals surface area contributed by atoms with E-state index in [0.717, 1.165) is 25.7 Å². The number of halogens is 2. The van der Waals surface area contributed by atoms with Crippen molar-refractivity contribution in [3.8, 4) is 0 Å². The maximum absolute atomic E-state index is 13.8. The van der Waals surface area contributed by atoms with Gasteiger partial charge in [-0.25, -0.2) is 4.39 Å². The van der Waals surface area contributed by atoms with Crippen molar-refractivity contribution in [1.29, 1.82) is 0 Å². The van der Waals surface area contributed by atoms with Gasteiger partial charge in [-0.2, -0.15) is 0 Å². The van der Waals surface area contributed by atoms with Crippen molar-refractivity contribution in [2.45, 2.75) is 38.2 Å². The van der Waals surface area contributed by atoms with Crippen LogP contribution in [-0.4, -0.2) is 17.8 Å². The van der Waals surface area contributed by atoms with Crippen LogP contribution in [0.3, 0.4) is 0 Å². The summed E-state index contributed by atoms with van der Waals surface area (Å²) in [5, 5.41) is 10.6. The van der Waals surface area contributed by atoms with Gasteiger partial charge in [0, 0.05) is 22.5 Å². The summed E-state index contributed by atoms with van der Waals surface area (Å²) in [5.41, 5.74) is 5.90. The van der Waals surface area contributed by atoms with E-state index >= 15 is 0 Å². The van der Waals surface area contributed by atoms with Crippen LogP contribution in [0.5, 0.6) is 0 Å². The first-order chi connectivity index (χ1) is 8.59. The number of aliphatic hydroxyl groups is 1. The van der Waals surface area contributed by atoms with Crippen molar-refractivity contribution < 1.29 is 9.50 Å². The highest BCUT2D eigenvalue weighted by Gasteiger charge is 2.39. The zero-order valence-corrected chi connectivity index (χ0v) is 11.1. The third-order valence-electron chi connectivity index (χ3n) is 4.11. The Hall–Kier alpha value is -0.640. The van der Waals surface area contributed by atoms with Crippen LogP contribution in [0.1, 0.15) is 31.2 Å². The van der Waals surface area contributed by atoms with Gasteiger partial charge in [0.05, 0.1) is 6.10 Å². The lowest BCUT2D eigenvalue weighted by Crippen LogP contribution is -2.46. The molecule has 1 aromatic rings. The summed E-state index contributed by atoms with van der Waals surface area (Å²) in [7, 11) is 0. The van der Waals surface area contributed by atoms with E-state index in [4.69, 9.17) is 17.3 Å². The Morgan fingerprint density at radius 2 is 2.22 bits per heavy atom. The molecule has 100 valence electrons. The van der Waals surface area contributed by atoms with E-state index in [1.54, 1.807) is 12.1 Å². The average Bonchev–Trinajstić information content (AvgIpc) is 2.36. The summed E-state index contributed by atoms with van der Waals surface area (Å²) < 4.78 is 13.8. The third-order valence-corrected chi connectivity index (χ3v) is 4.46. The molecule has 0 amide bonds. The molecule has 1 aliphatic rings. The molecule has 0 spiro atoms. The first-order valence-corrected chi connectivity index (χ1v) is 6.78. The maximum Gasteiger partial charge on any atom is 0.127 e. The van der Waals surface area contributed by atoms with Gasteiger partial charge in [0.25, 0.3) is 0 Å². The SMILES string of the molecule is NCC1(Cc2c(F)cccc2Cl)CCCCC1O. The van der Waals surface area contributed by atoms with Gasteiger partial charge in [-0.05, 0) is 31.4 Å². The molecule has 1 aliphatic carbocycles. The van der Waals surface area contributed by atoms with Gasteiger partial charge in [-0.3, -0.25) is 0 Å². The van der Waals surface area contributed by atoms with Gasteiger partial charge in [0.1, 0.15) is 5.82 Å². The summed E-state index contributed by atoms with van der Waals surface area (Å²) in [5.74, 6) is -0.312. The Balaban J connectivity index is 2.30. The lowest BCUT2D eigenvalue weighted by atomic mass is 9.68. The van der Waals surface area contributed by atoms with Gasteiger partial charge in [-0.15, -0.1) is 0 Å². The summed E-state index contributed by atoms with van der Waals surface area (Å²) in [4.78, 5) is 0. The number of aliphatic hydroxyl groups excluding tert-OH is 1. The molecule has 2 nitrogen and oxygen atoms in total. The quantitative estimate of drug-likeness (QED) is 0.888. The predicted molar refractivity (Wildman–Crippen MR) is 71.1 cm³/mol. The van der Waals surface area contributed by atoms with E-state index in [0.29, 0.717) is 23.6 Å². The predicted octanol–water partition coefficient (Wildman–Crippen LogP) is 2.90. The average molecular weight is 272 g/mol. The van der Waals surface area contributed by atoms with Crippen molar-refractivity contribution >= 4 is 11.6 Å². The number of hydrogen-bond donors (Lipinski definition) is 2. The lowest BCUT2D eigenvalue weighted by molar-refractivity contribution is -0.00629. The first kappa shape index (κ1) is 13.8. The summed E-state index contributed by atoms with van der Waals surface area (Å²) >= 11 is 6.05. The van der Waals surface area contributed by atoms with Gasteiger partial charge in [0.2, 0.25) is 0 Å². The second-order valence-electron chi connectivity index (χ2n) is 5.21. The third kappa shape index (κ3) is 2.53. The fourth-order valence-corrected chi connectivity index (χ4v) is 3.09. The molecule has 0 radical (unpaired) electrons. The molecule has 0 saturated heterocycles. The molecule has 0 aliphatic heterocycles. The minimum absolute atomic E-state index is 0.312. The molecule has 0 aromatic heterocycles. The smallest absolute Gasteiger partial charge is 0.127 e. The van der Waals surface area contributed by atoms with Crippen LogP contribution in [-0.2, 0) is 6.42 Å². The highest BCUT2D eigenvalue weighted by molar-refractivity contribution is 6.31. The first-order valence-electron chi connectivity index (χ1n) is 6.40. The molecule has 3 N–H and O–H groups in total. The number of rotatable bonds is 3. The van der Waals surface area contributed by atoms with Crippen molar-refractivity contribution in [2.75, 3.05) is 6.54 Å². The van der Waals surface area contributed by atoms with Crippen LogP contribution in [0, 0.1) is 11.2 Å². The topological polar surface area (TPSA) is 46.2 Å². The minimum Gasteiger partial charge on any atom is -0.392 e. The molecule has 1 fully saturated rings. The van der Waals surface area contributed by atoms with E-state index in [2.05, 4.69) is 0 Å². The number of nitrogens with two attached hydrogens (primary N) is 1. The van der Waals surface area contributed by atoms with Gasteiger partial charge < -0.3 is 10.8 Å². The van der Waals surface area contributed by atoms with Crippen molar-refractivity contribution in [3.63, 3.8) is 0 Å². The zero-order valence-electron chi connectivity index (χ0n) is 10.3. The fourth-order valence-electron chi connectivity index (χ4n) is 2.86. The van der Waals surface area contributed by atoms with Crippen LogP contribution < -0.4 is 5.73 Å². The second-order valence-corrected chi connectivity index (χ2v) is 5.61. The molecular formula is C14H19ClFNO. The van der Waals surface area contributed by atoms with Crippen LogP contribution in [0.15, 0.2) is 18.2 Å². The van der Waals surface area contributed by atoms with Crippen LogP contribution in [0.2, 0.25) is 5.02 Å². The van der Waals surface area contributed by atoms with Gasteiger partial charge >= 0.3 is 0 Å². The summed E-state index contributed by atoms with van der Waals surface area (Å²) in [6, 6.07) is 4.67. The van der Waals surface area contributed by atoms with Gasteiger partial charge in [0.15, 0.2) is 0 Å². The molecule has 2 atom stereocenters. The van der Waals surface area contributed by atoms with E-state index in [1.807, 2.05) is 0 Å². The van der Waals surface area contributed by atoms with Crippen molar-refractivity contribution in [3.05, 3.63) is 34.6 Å². The molecule has 2 unspecified atom stereocenters. The molecule has 1 aromatic carbocycles. The summed E-state index contributed by atoms with van der Waals surface area (Å²) in [6.07, 6.45) is 3.55. The van der Waals surface area contributed by atoms with Crippen molar-refractivity contribution in [2.24, 2.45) is 11.1 Å². The molecule has 4 heteroatoms. The second kappa shape index (κ2) is 5.55. The zero-order chi connectivity index (χ0) is 13.2. The van der Waals surface area contributed by atoms with E-state index in [1.165, 1.54) is 6.07 Å². The van der Waals surface area contributed by atoms with E-state index < -0.39 is 11.5 Å². The Labute approximate surface area is 112 Å². The number of benzene rings is 1. The van der Waals surface area contributed by atoms with Crippen molar-refractivity contribution in [1.82, 2.24) is 0 Å². The highest BCUT2D eigenvalue weighted by Crippen LogP contribution is 2.40. The van der Waals surface area contributed by atoms with Crippen LogP contribution in [0.4, 0.5) is 4.39 Å². The molecule has 2 rings (SSSR count). The Morgan fingerprint density at radius 3 is 2.83 bits per heavy atom. The van der Waals surface area contributed by atoms with E-state index in [-0.39, 0.29) is 5.82 Å². The molecule has 0 heterocycles. The molecule has 0 bridgehead atoms. The molecule has 18 heavy (non-hydrogen) atoms. The monoisotopic (exact) mass is 271 g/mol. The molecular weight excluding hydrogens is 253 g/mol.